The number of nitrogens with one attached hydrogen (secondary N) is 1. The molecular weight excluding hydrogens is 399 g/mol. The normalized spacial score (nSPS) is 14.4. The molecule has 0 atom stereocenters. The molecule has 4 heterocycles. The van der Waals surface area contributed by atoms with Gasteiger partial charge in [-0.25, -0.2) is 9.37 Å². The summed E-state index contributed by atoms with van der Waals surface area (Å²) in [5.74, 6) is 0.667. The first-order chi connectivity index (χ1) is 15.0. The predicted molar refractivity (Wildman–Crippen MR) is 114 cm³/mol. The van der Waals surface area contributed by atoms with Crippen molar-refractivity contribution in [3.8, 4) is 17.1 Å². The van der Waals surface area contributed by atoms with E-state index in [9.17, 15) is 4.39 Å². The number of aryl methyl sites for hydroxylation is 2. The Morgan fingerprint density at radius 3 is 2.74 bits per heavy atom. The molecular formula is C23H25FN4O3. The maximum atomic E-state index is 13.9. The van der Waals surface area contributed by atoms with Crippen LogP contribution < -0.4 is 10.1 Å². The Labute approximate surface area is 180 Å². The Bertz CT molecular complexity index is 1060. The summed E-state index contributed by atoms with van der Waals surface area (Å²) in [5, 5.41) is 7.49. The second kappa shape index (κ2) is 9.26. The number of pyridine rings is 2. The van der Waals surface area contributed by atoms with Gasteiger partial charge in [0.1, 0.15) is 23.9 Å². The Kier molecular flexibility index (Phi) is 6.27. The summed E-state index contributed by atoms with van der Waals surface area (Å²) in [7, 11) is 0. The van der Waals surface area contributed by atoms with Crippen LogP contribution in [-0.4, -0.2) is 34.4 Å². The Balaban J connectivity index is 1.41. The fraction of sp³-hybridized carbons (Fsp3) is 0.348. The van der Waals surface area contributed by atoms with Gasteiger partial charge < -0.3 is 19.3 Å². The monoisotopic (exact) mass is 424 g/mol. The van der Waals surface area contributed by atoms with E-state index in [-0.39, 0.29) is 6.61 Å². The molecule has 162 valence electrons. The second-order valence-corrected chi connectivity index (χ2v) is 7.54. The molecule has 1 fully saturated rings. The fourth-order valence-corrected chi connectivity index (χ4v) is 3.39. The van der Waals surface area contributed by atoms with Crippen molar-refractivity contribution in [1.82, 2.24) is 20.4 Å². The van der Waals surface area contributed by atoms with Gasteiger partial charge in [0.15, 0.2) is 0 Å². The number of halogens is 1. The van der Waals surface area contributed by atoms with Crippen molar-refractivity contribution in [1.29, 1.82) is 0 Å². The molecule has 0 aliphatic carbocycles. The summed E-state index contributed by atoms with van der Waals surface area (Å²) in [6, 6.07) is 5.47. The molecule has 0 saturated carbocycles. The lowest BCUT2D eigenvalue weighted by Gasteiger charge is -2.25. The van der Waals surface area contributed by atoms with Crippen molar-refractivity contribution in [2.75, 3.05) is 13.2 Å². The van der Waals surface area contributed by atoms with E-state index in [0.717, 1.165) is 42.9 Å². The van der Waals surface area contributed by atoms with Crippen LogP contribution in [0.2, 0.25) is 0 Å². The first-order valence-electron chi connectivity index (χ1n) is 10.2. The summed E-state index contributed by atoms with van der Waals surface area (Å²) >= 11 is 0. The van der Waals surface area contributed by atoms with Crippen molar-refractivity contribution in [3.05, 3.63) is 65.6 Å². The van der Waals surface area contributed by atoms with Gasteiger partial charge in [-0.1, -0.05) is 11.7 Å². The number of nitrogens with zero attached hydrogens (tertiary/aromatic N) is 3. The minimum atomic E-state index is -0.392. The van der Waals surface area contributed by atoms with Crippen molar-refractivity contribution in [3.63, 3.8) is 0 Å². The lowest BCUT2D eigenvalue weighted by Crippen LogP contribution is -2.33. The standard InChI is InChI=1S/C23H25FN4O3/c1-14(27-19-6-8-29-9-7-19)17-4-5-22(26-11-17)30-13-20-16(3)31-28-23(20)18-10-21(24)15(2)25-12-18/h4-5,10-12,19,27H,1,6-9,13H2,2-3H3. The lowest BCUT2D eigenvalue weighted by molar-refractivity contribution is 0.0819. The molecule has 0 unspecified atom stereocenters. The number of hydrogen-bond acceptors (Lipinski definition) is 7. The summed E-state index contributed by atoms with van der Waals surface area (Å²) in [6.45, 7) is 9.24. The molecule has 1 saturated heterocycles. The third kappa shape index (κ3) is 4.91. The minimum Gasteiger partial charge on any atom is -0.473 e. The molecule has 31 heavy (non-hydrogen) atoms. The van der Waals surface area contributed by atoms with Crippen LogP contribution in [-0.2, 0) is 11.3 Å². The largest absolute Gasteiger partial charge is 0.473 e. The number of hydrogen-bond donors (Lipinski definition) is 1. The van der Waals surface area contributed by atoms with Gasteiger partial charge in [0, 0.05) is 54.5 Å². The topological polar surface area (TPSA) is 82.3 Å². The molecule has 4 rings (SSSR count). The molecule has 1 aliphatic rings. The van der Waals surface area contributed by atoms with E-state index in [1.165, 1.54) is 6.07 Å². The summed E-state index contributed by atoms with van der Waals surface area (Å²) in [6.07, 6.45) is 5.23. The summed E-state index contributed by atoms with van der Waals surface area (Å²) in [4.78, 5) is 8.44. The summed E-state index contributed by atoms with van der Waals surface area (Å²) in [5.41, 5.74) is 3.84. The molecule has 0 bridgehead atoms. The van der Waals surface area contributed by atoms with Crippen LogP contribution in [0.25, 0.3) is 17.0 Å². The van der Waals surface area contributed by atoms with Gasteiger partial charge in [-0.3, -0.25) is 4.98 Å². The van der Waals surface area contributed by atoms with E-state index in [4.69, 9.17) is 14.0 Å². The minimum absolute atomic E-state index is 0.188. The highest BCUT2D eigenvalue weighted by molar-refractivity contribution is 5.63. The molecule has 8 heteroatoms. The molecule has 3 aromatic heterocycles. The van der Waals surface area contributed by atoms with Gasteiger partial charge >= 0.3 is 0 Å². The van der Waals surface area contributed by atoms with Crippen molar-refractivity contribution in [2.45, 2.75) is 39.3 Å². The molecule has 7 nitrogen and oxygen atoms in total. The zero-order valence-corrected chi connectivity index (χ0v) is 17.7. The predicted octanol–water partition coefficient (Wildman–Crippen LogP) is 4.21. The van der Waals surface area contributed by atoms with Crippen LogP contribution in [0.15, 0.2) is 41.7 Å². The lowest BCUT2D eigenvalue weighted by atomic mass is 10.1. The quantitative estimate of drug-likeness (QED) is 0.608. The van der Waals surface area contributed by atoms with Gasteiger partial charge in [-0.2, -0.15) is 0 Å². The number of aromatic nitrogens is 3. The molecule has 3 aromatic rings. The third-order valence-electron chi connectivity index (χ3n) is 5.33. The van der Waals surface area contributed by atoms with E-state index >= 15 is 0 Å². The van der Waals surface area contributed by atoms with Crippen LogP contribution in [0.4, 0.5) is 4.39 Å². The molecule has 1 N–H and O–H groups in total. The van der Waals surface area contributed by atoms with E-state index in [1.807, 2.05) is 6.07 Å². The third-order valence-corrected chi connectivity index (χ3v) is 5.33. The molecule has 0 amide bonds. The van der Waals surface area contributed by atoms with Gasteiger partial charge in [-0.05, 0) is 38.8 Å². The average molecular weight is 424 g/mol. The highest BCUT2D eigenvalue weighted by Crippen LogP contribution is 2.27. The van der Waals surface area contributed by atoms with Gasteiger partial charge in [0.25, 0.3) is 0 Å². The van der Waals surface area contributed by atoms with Crippen LogP contribution in [0.3, 0.4) is 0 Å². The van der Waals surface area contributed by atoms with E-state index in [1.54, 1.807) is 32.3 Å². The van der Waals surface area contributed by atoms with Crippen molar-refractivity contribution < 1.29 is 18.4 Å². The van der Waals surface area contributed by atoms with E-state index in [2.05, 4.69) is 27.0 Å². The van der Waals surface area contributed by atoms with Crippen LogP contribution in [0.5, 0.6) is 5.88 Å². The maximum absolute atomic E-state index is 13.9. The van der Waals surface area contributed by atoms with E-state index < -0.39 is 5.82 Å². The second-order valence-electron chi connectivity index (χ2n) is 7.54. The van der Waals surface area contributed by atoms with E-state index in [0.29, 0.717) is 34.6 Å². The van der Waals surface area contributed by atoms with Crippen molar-refractivity contribution in [2.24, 2.45) is 0 Å². The average Bonchev–Trinajstić information content (AvgIpc) is 3.15. The number of rotatable bonds is 7. The Hall–Kier alpha value is -3.26. The Morgan fingerprint density at radius 1 is 1.23 bits per heavy atom. The molecule has 0 spiro atoms. The SMILES string of the molecule is C=C(NC1CCOCC1)c1ccc(OCc2c(-c3cnc(C)c(F)c3)noc2C)nc1. The summed E-state index contributed by atoms with van der Waals surface area (Å²) < 4.78 is 30.5. The fourth-order valence-electron chi connectivity index (χ4n) is 3.39. The molecule has 0 aromatic carbocycles. The van der Waals surface area contributed by atoms with Gasteiger partial charge in [0.05, 0.1) is 11.3 Å². The van der Waals surface area contributed by atoms with Gasteiger partial charge in [-0.15, -0.1) is 0 Å². The zero-order chi connectivity index (χ0) is 21.8. The highest BCUT2D eigenvalue weighted by Gasteiger charge is 2.18. The van der Waals surface area contributed by atoms with Crippen LogP contribution in [0.1, 0.15) is 35.4 Å². The smallest absolute Gasteiger partial charge is 0.213 e. The molecule has 1 aliphatic heterocycles. The van der Waals surface area contributed by atoms with Crippen LogP contribution >= 0.6 is 0 Å². The molecule has 0 radical (unpaired) electrons. The highest BCUT2D eigenvalue weighted by atomic mass is 19.1. The maximum Gasteiger partial charge on any atom is 0.213 e. The van der Waals surface area contributed by atoms with Gasteiger partial charge in [0.2, 0.25) is 5.88 Å². The first kappa shape index (κ1) is 21.0. The van der Waals surface area contributed by atoms with Crippen molar-refractivity contribution >= 4 is 5.70 Å². The van der Waals surface area contributed by atoms with Crippen LogP contribution in [0, 0.1) is 19.7 Å². The Morgan fingerprint density at radius 2 is 2.03 bits per heavy atom. The zero-order valence-electron chi connectivity index (χ0n) is 17.7. The number of ether oxygens (including phenoxy) is 2. The first-order valence-corrected chi connectivity index (χ1v) is 10.2.